The second-order valence-corrected chi connectivity index (χ2v) is 5.77. The van der Waals surface area contributed by atoms with E-state index in [1.165, 1.54) is 24.3 Å². The molecule has 5 N–H and O–H groups in total. The van der Waals surface area contributed by atoms with Gasteiger partial charge < -0.3 is 20.6 Å². The van der Waals surface area contributed by atoms with Crippen LogP contribution in [0.4, 0.5) is 10.5 Å². The Balaban J connectivity index is 2.34. The van der Waals surface area contributed by atoms with E-state index in [1.807, 2.05) is 5.32 Å². The largest absolute Gasteiger partial charge is 0.394 e. The Hall–Kier alpha value is -2.46. The highest BCUT2D eigenvalue weighted by atomic mass is 35.5. The molecule has 10 heteroatoms. The lowest BCUT2D eigenvalue weighted by atomic mass is 10.0. The van der Waals surface area contributed by atoms with Crippen molar-refractivity contribution in [3.05, 3.63) is 41.1 Å². The van der Waals surface area contributed by atoms with Crippen LogP contribution in [0.3, 0.4) is 0 Å². The fourth-order valence-electron chi connectivity index (χ4n) is 1.99. The molecule has 1 fully saturated rings. The molecule has 1 aromatic rings. The molecule has 0 spiro atoms. The molecule has 1 aliphatic rings. The van der Waals surface area contributed by atoms with E-state index in [1.54, 1.807) is 0 Å². The van der Waals surface area contributed by atoms with Gasteiger partial charge in [0.05, 0.1) is 25.5 Å². The lowest BCUT2D eigenvalue weighted by Gasteiger charge is -2.30. The Bertz CT molecular complexity index is 706. The molecule has 0 radical (unpaired) electrons. The van der Waals surface area contributed by atoms with Gasteiger partial charge in [-0.25, -0.2) is 9.69 Å². The highest BCUT2D eigenvalue weighted by Crippen LogP contribution is 2.22. The molecule has 0 saturated carbocycles. The van der Waals surface area contributed by atoms with Gasteiger partial charge in [0.25, 0.3) is 11.8 Å². The number of urea groups is 1. The molecule has 4 amide bonds. The van der Waals surface area contributed by atoms with E-state index in [2.05, 4.69) is 5.32 Å². The van der Waals surface area contributed by atoms with Crippen molar-refractivity contribution in [3.8, 4) is 0 Å². The summed E-state index contributed by atoms with van der Waals surface area (Å²) in [5.74, 6) is -1.86. The predicted octanol–water partition coefficient (Wildman–Crippen LogP) is -0.888. The van der Waals surface area contributed by atoms with Gasteiger partial charge in [0.15, 0.2) is 0 Å². The van der Waals surface area contributed by atoms with E-state index in [-0.39, 0.29) is 5.69 Å². The molecular weight excluding hydrogens is 354 g/mol. The number of barbiturate groups is 1. The van der Waals surface area contributed by atoms with Gasteiger partial charge in [-0.05, 0) is 24.3 Å². The van der Waals surface area contributed by atoms with Gasteiger partial charge in [0.2, 0.25) is 0 Å². The van der Waals surface area contributed by atoms with Crippen LogP contribution in [0.5, 0.6) is 0 Å². The molecule has 25 heavy (non-hydrogen) atoms. The van der Waals surface area contributed by atoms with Gasteiger partial charge in [-0.1, -0.05) is 11.6 Å². The Kier molecular flexibility index (Phi) is 5.75. The lowest BCUT2D eigenvalue weighted by Crippen LogP contribution is -2.56. The smallest absolute Gasteiger partial charge is 0.335 e. The van der Waals surface area contributed by atoms with E-state index < -0.39 is 48.8 Å². The van der Waals surface area contributed by atoms with E-state index in [9.17, 15) is 29.7 Å². The summed E-state index contributed by atoms with van der Waals surface area (Å²) in [6, 6.07) is 4.89. The number of anilines is 1. The summed E-state index contributed by atoms with van der Waals surface area (Å²) in [5, 5.41) is 32.7. The number of carbonyl (C=O) groups excluding carboxylic acids is 3. The predicted molar refractivity (Wildman–Crippen MR) is 87.7 cm³/mol. The Morgan fingerprint density at radius 3 is 2.16 bits per heavy atom. The highest BCUT2D eigenvalue weighted by molar-refractivity contribution is 6.37. The first kappa shape index (κ1) is 18.9. The van der Waals surface area contributed by atoms with Gasteiger partial charge in [0.1, 0.15) is 11.1 Å². The number of aliphatic hydroxyl groups is 3. The molecule has 1 saturated heterocycles. The summed E-state index contributed by atoms with van der Waals surface area (Å²) in [5.41, 5.74) is -1.77. The van der Waals surface area contributed by atoms with Gasteiger partial charge in [-0.15, -0.1) is 0 Å². The fourth-order valence-corrected chi connectivity index (χ4v) is 2.12. The van der Waals surface area contributed by atoms with Crippen molar-refractivity contribution in [2.45, 2.75) is 5.54 Å². The maximum atomic E-state index is 12.5. The number of nitrogens with zero attached hydrogens (tertiary/aromatic N) is 1. The van der Waals surface area contributed by atoms with E-state index in [4.69, 9.17) is 11.6 Å². The molecule has 1 aromatic carbocycles. The first-order valence-electron chi connectivity index (χ1n) is 7.13. The van der Waals surface area contributed by atoms with Crippen molar-refractivity contribution in [2.75, 3.05) is 24.7 Å². The molecule has 134 valence electrons. The van der Waals surface area contributed by atoms with Crippen LogP contribution in [-0.4, -0.2) is 58.5 Å². The molecule has 0 atom stereocenters. The van der Waals surface area contributed by atoms with Crippen LogP contribution in [0, 0.1) is 0 Å². The maximum absolute atomic E-state index is 12.5. The Morgan fingerprint density at radius 1 is 1.08 bits per heavy atom. The topological polar surface area (TPSA) is 139 Å². The summed E-state index contributed by atoms with van der Waals surface area (Å²) in [6.07, 6.45) is 0.940. The standard InChI is InChI=1S/C15H16ClN3O6/c16-9-1-3-10(4-2-9)19-13(24)11(12(23)18-14(19)25)5-17-15(6-20,7-21)8-22/h1-5,17,20-22H,6-8H2,(H,18,23,25)/b11-5-. The van der Waals surface area contributed by atoms with Crippen molar-refractivity contribution in [1.82, 2.24) is 10.6 Å². The van der Waals surface area contributed by atoms with Crippen molar-refractivity contribution in [1.29, 1.82) is 0 Å². The van der Waals surface area contributed by atoms with Crippen molar-refractivity contribution in [2.24, 2.45) is 0 Å². The second kappa shape index (κ2) is 7.62. The average molecular weight is 370 g/mol. The summed E-state index contributed by atoms with van der Waals surface area (Å²) in [4.78, 5) is 37.2. The van der Waals surface area contributed by atoms with Crippen LogP contribution in [-0.2, 0) is 9.59 Å². The average Bonchev–Trinajstić information content (AvgIpc) is 2.60. The number of rotatable bonds is 6. The van der Waals surface area contributed by atoms with Crippen LogP contribution in [0.15, 0.2) is 36.0 Å². The number of hydrogen-bond donors (Lipinski definition) is 5. The Labute approximate surface area is 147 Å². The molecule has 0 bridgehead atoms. The van der Waals surface area contributed by atoms with Crippen molar-refractivity contribution < 1.29 is 29.7 Å². The second-order valence-electron chi connectivity index (χ2n) is 5.33. The minimum Gasteiger partial charge on any atom is -0.394 e. The van der Waals surface area contributed by atoms with Crippen molar-refractivity contribution >= 4 is 35.1 Å². The number of hydrogen-bond acceptors (Lipinski definition) is 7. The zero-order valence-corrected chi connectivity index (χ0v) is 13.7. The van der Waals surface area contributed by atoms with Gasteiger partial charge >= 0.3 is 6.03 Å². The first-order valence-corrected chi connectivity index (χ1v) is 7.51. The number of carbonyl (C=O) groups is 3. The first-order chi connectivity index (χ1) is 11.9. The number of halogens is 1. The third-order valence-corrected chi connectivity index (χ3v) is 3.87. The number of aliphatic hydroxyl groups excluding tert-OH is 3. The number of benzene rings is 1. The highest BCUT2D eigenvalue weighted by Gasteiger charge is 2.37. The van der Waals surface area contributed by atoms with E-state index >= 15 is 0 Å². The van der Waals surface area contributed by atoms with Crippen LogP contribution < -0.4 is 15.5 Å². The minimum atomic E-state index is -1.53. The number of amides is 4. The van der Waals surface area contributed by atoms with Crippen LogP contribution >= 0.6 is 11.6 Å². The zero-order chi connectivity index (χ0) is 18.6. The van der Waals surface area contributed by atoms with Crippen molar-refractivity contribution in [3.63, 3.8) is 0 Å². The third kappa shape index (κ3) is 3.80. The third-order valence-electron chi connectivity index (χ3n) is 3.62. The van der Waals surface area contributed by atoms with Gasteiger partial charge in [-0.2, -0.15) is 0 Å². The fraction of sp³-hybridized carbons (Fsp3) is 0.267. The van der Waals surface area contributed by atoms with Gasteiger partial charge in [0, 0.05) is 11.2 Å². The monoisotopic (exact) mass is 369 g/mol. The summed E-state index contributed by atoms with van der Waals surface area (Å²) in [6.45, 7) is -1.96. The number of imide groups is 2. The zero-order valence-electron chi connectivity index (χ0n) is 12.9. The quantitative estimate of drug-likeness (QED) is 0.324. The van der Waals surface area contributed by atoms with Gasteiger partial charge in [-0.3, -0.25) is 14.9 Å². The summed E-state index contributed by atoms with van der Waals surface area (Å²) < 4.78 is 0. The molecule has 9 nitrogen and oxygen atoms in total. The maximum Gasteiger partial charge on any atom is 0.335 e. The summed E-state index contributed by atoms with van der Waals surface area (Å²) >= 11 is 5.77. The van der Waals surface area contributed by atoms with E-state index in [0.717, 1.165) is 11.1 Å². The molecular formula is C15H16ClN3O6. The van der Waals surface area contributed by atoms with E-state index in [0.29, 0.717) is 5.02 Å². The van der Waals surface area contributed by atoms with Crippen LogP contribution in [0.1, 0.15) is 0 Å². The Morgan fingerprint density at radius 2 is 1.64 bits per heavy atom. The van der Waals surface area contributed by atoms with Crippen LogP contribution in [0.25, 0.3) is 0 Å². The summed E-state index contributed by atoms with van der Waals surface area (Å²) in [7, 11) is 0. The molecule has 2 rings (SSSR count). The minimum absolute atomic E-state index is 0.197. The number of nitrogens with one attached hydrogen (secondary N) is 2. The SMILES string of the molecule is O=C1NC(=O)N(c2ccc(Cl)cc2)C(=O)/C1=C\NC(CO)(CO)CO. The lowest BCUT2D eigenvalue weighted by molar-refractivity contribution is -0.122. The van der Waals surface area contributed by atoms with Crippen LogP contribution in [0.2, 0.25) is 5.02 Å². The molecule has 1 heterocycles. The molecule has 0 unspecified atom stereocenters. The molecule has 1 aliphatic heterocycles. The molecule has 0 aromatic heterocycles. The molecule has 0 aliphatic carbocycles. The normalized spacial score (nSPS) is 17.0.